The fourth-order valence-corrected chi connectivity index (χ4v) is 10.8. The van der Waals surface area contributed by atoms with E-state index < -0.39 is 71.8 Å². The van der Waals surface area contributed by atoms with Gasteiger partial charge in [0.1, 0.15) is 17.9 Å². The summed E-state index contributed by atoms with van der Waals surface area (Å²) in [5, 5.41) is 16.4. The van der Waals surface area contributed by atoms with Crippen molar-refractivity contribution in [3.63, 3.8) is 0 Å². The number of aliphatic imine (C=N–C) groups is 1. The molecule has 4 fully saturated rings. The smallest absolute Gasteiger partial charge is 0.410 e. The van der Waals surface area contributed by atoms with Crippen LogP contribution in [0.15, 0.2) is 52.6 Å². The van der Waals surface area contributed by atoms with Gasteiger partial charge in [0.25, 0.3) is 0 Å². The molecule has 4 saturated heterocycles. The van der Waals surface area contributed by atoms with Crippen molar-refractivity contribution in [1.82, 2.24) is 14.8 Å². The lowest BCUT2D eigenvalue weighted by atomic mass is 9.72. The summed E-state index contributed by atoms with van der Waals surface area (Å²) in [5.74, 6) is -2.33. The number of nitrogen functional groups attached to an aromatic ring is 1. The fourth-order valence-electron chi connectivity index (χ4n) is 10.8. The number of pyridine rings is 1. The van der Waals surface area contributed by atoms with Crippen LogP contribution in [0, 0.1) is 23.7 Å². The molecule has 16 heteroatoms. The van der Waals surface area contributed by atoms with Crippen LogP contribution in [0.25, 0.3) is 11.3 Å². The first-order chi connectivity index (χ1) is 29.9. The molecule has 5 aliphatic heterocycles. The first kappa shape index (κ1) is 46.8. The zero-order valence-corrected chi connectivity index (χ0v) is 38.6. The van der Waals surface area contributed by atoms with Gasteiger partial charge in [-0.15, -0.1) is 0 Å². The Labute approximate surface area is 371 Å². The maximum Gasteiger partial charge on any atom is 0.410 e. The van der Waals surface area contributed by atoms with Crippen LogP contribution >= 0.6 is 0 Å². The number of anilines is 1. The molecule has 2 aromatic rings. The zero-order valence-electron chi connectivity index (χ0n) is 38.6. The molecule has 346 valence electrons. The molecule has 4 bridgehead atoms. The quantitative estimate of drug-likeness (QED) is 0.193. The zero-order chi connectivity index (χ0) is 45.4. The highest BCUT2D eigenvalue weighted by Gasteiger charge is 2.60. The Kier molecular flexibility index (Phi) is 14.2. The van der Waals surface area contributed by atoms with Crippen molar-refractivity contribution >= 4 is 29.2 Å². The highest BCUT2D eigenvalue weighted by atomic mass is 16.7. The number of carbonyl (C=O) groups is 2. The number of esters is 1. The van der Waals surface area contributed by atoms with Crippen molar-refractivity contribution in [2.75, 3.05) is 46.1 Å². The monoisotopic (exact) mass is 876 g/mol. The minimum absolute atomic E-state index is 0.000332. The summed E-state index contributed by atoms with van der Waals surface area (Å²) >= 11 is 0. The van der Waals surface area contributed by atoms with Gasteiger partial charge in [-0.3, -0.25) is 14.7 Å². The SMILES string of the molecule is CC[C@H]1OC(=O)[C@H](C)[C@H]2OC/C(=N\OCc3cccc(-c4cccc(N)c4)n3)CO[C@](C)(C[C@@H](C)C3=NCCN4C(=O)O[C@@]1(C)[C@H]4[C@H]3C)[C@H](O[C@H]1O[C@@H](C)C[C@@H](N(C)C)[C@@H]1O)[C@H]2C. The normalized spacial score (nSPS) is 38.4. The third kappa shape index (κ3) is 9.62. The Hall–Kier alpha value is -4.19. The van der Waals surface area contributed by atoms with E-state index in [0.717, 1.165) is 17.0 Å². The third-order valence-corrected chi connectivity index (χ3v) is 14.0. The minimum Gasteiger partial charge on any atom is -0.458 e. The number of carbonyl (C=O) groups excluding carboxylic acids is 2. The fraction of sp³-hybridized carbons (Fsp3) is 0.681. The molecule has 0 saturated carbocycles. The second-order valence-electron chi connectivity index (χ2n) is 18.9. The number of aliphatic hydroxyl groups is 1. The Morgan fingerprint density at radius 1 is 1.05 bits per heavy atom. The van der Waals surface area contributed by atoms with E-state index in [1.807, 2.05) is 96.1 Å². The number of amides is 1. The average molecular weight is 877 g/mol. The molecule has 1 aromatic heterocycles. The van der Waals surface area contributed by atoms with E-state index >= 15 is 0 Å². The summed E-state index contributed by atoms with van der Waals surface area (Å²) in [4.78, 5) is 47.8. The van der Waals surface area contributed by atoms with E-state index in [-0.39, 0.29) is 43.8 Å². The van der Waals surface area contributed by atoms with Gasteiger partial charge in [0.05, 0.1) is 67.0 Å². The largest absolute Gasteiger partial charge is 0.458 e. The van der Waals surface area contributed by atoms with Gasteiger partial charge in [0.2, 0.25) is 0 Å². The number of rotatable bonds is 8. The molecule has 6 heterocycles. The van der Waals surface area contributed by atoms with Crippen LogP contribution in [0.1, 0.15) is 80.3 Å². The van der Waals surface area contributed by atoms with Crippen LogP contribution in [0.5, 0.6) is 0 Å². The number of nitrogens with two attached hydrogens (primary N) is 1. The van der Waals surface area contributed by atoms with Crippen LogP contribution in [0.2, 0.25) is 0 Å². The number of likely N-dealkylation sites (N-methyl/N-ethyl adjacent to an activating group) is 1. The molecule has 3 N–H and O–H groups in total. The molecule has 5 aliphatic rings. The van der Waals surface area contributed by atoms with Crippen LogP contribution in [0.3, 0.4) is 0 Å². The van der Waals surface area contributed by atoms with Crippen molar-refractivity contribution in [1.29, 1.82) is 0 Å². The van der Waals surface area contributed by atoms with Gasteiger partial charge in [0.15, 0.2) is 18.5 Å². The van der Waals surface area contributed by atoms with Gasteiger partial charge >= 0.3 is 12.1 Å². The van der Waals surface area contributed by atoms with Gasteiger partial charge in [-0.05, 0) is 91.2 Å². The Balaban J connectivity index is 1.28. The van der Waals surface area contributed by atoms with E-state index in [9.17, 15) is 14.7 Å². The van der Waals surface area contributed by atoms with E-state index in [1.165, 1.54) is 0 Å². The standard InChI is InChI=1S/C47H68N6O10/c1-11-37-47(8)41-28(4)38(49-18-19-53(41)45(56)63-47)26(2)22-46(7)42(62-44-39(54)36(52(9)10)20-27(3)60-44)29(5)40(30(6)43(55)61-37)57-23-34(24-58-46)51-59-25-33-16-13-17-35(50-33)31-14-12-15-32(48)21-31/h12-17,21,26-30,36-37,39-42,44,54H,11,18-20,22-25,48H2,1-10H3/b51-34+/t26-,27+,28+,29+,30-,36-,37-,39+,40+,41-,42-,44-,46-,47-/m1/s1. The van der Waals surface area contributed by atoms with Crippen LogP contribution in [-0.2, 0) is 44.7 Å². The predicted molar refractivity (Wildman–Crippen MR) is 237 cm³/mol. The molecule has 1 amide bonds. The summed E-state index contributed by atoms with van der Waals surface area (Å²) in [6, 6.07) is 12.6. The van der Waals surface area contributed by atoms with E-state index in [1.54, 1.807) is 11.8 Å². The van der Waals surface area contributed by atoms with Gasteiger partial charge in [0, 0.05) is 41.4 Å². The lowest BCUT2D eigenvalue weighted by Gasteiger charge is -2.48. The van der Waals surface area contributed by atoms with Gasteiger partial charge in [-0.25, -0.2) is 9.78 Å². The number of benzene rings is 1. The number of oxime groups is 1. The maximum atomic E-state index is 14.6. The van der Waals surface area contributed by atoms with Crippen molar-refractivity contribution in [3.05, 3.63) is 48.2 Å². The van der Waals surface area contributed by atoms with E-state index in [2.05, 4.69) is 19.0 Å². The number of ether oxygens (including phenoxy) is 6. The third-order valence-electron chi connectivity index (χ3n) is 14.0. The Bertz CT molecular complexity index is 2020. The van der Waals surface area contributed by atoms with Gasteiger partial charge in [-0.2, -0.15) is 0 Å². The average Bonchev–Trinajstić information content (AvgIpc) is 3.39. The molecule has 0 aliphatic carbocycles. The lowest BCUT2D eigenvalue weighted by Crippen LogP contribution is -2.60. The lowest BCUT2D eigenvalue weighted by molar-refractivity contribution is -0.302. The predicted octanol–water partition coefficient (Wildman–Crippen LogP) is 5.49. The molecular weight excluding hydrogens is 809 g/mol. The number of hydrogen-bond acceptors (Lipinski definition) is 15. The van der Waals surface area contributed by atoms with Gasteiger partial charge in [-0.1, -0.05) is 51.0 Å². The number of aromatic nitrogens is 1. The first-order valence-electron chi connectivity index (χ1n) is 22.6. The van der Waals surface area contributed by atoms with Gasteiger partial charge < -0.3 is 49.0 Å². The molecule has 63 heavy (non-hydrogen) atoms. The maximum absolute atomic E-state index is 14.6. The second-order valence-corrected chi connectivity index (χ2v) is 18.9. The Morgan fingerprint density at radius 3 is 2.54 bits per heavy atom. The van der Waals surface area contributed by atoms with Crippen molar-refractivity contribution < 1.29 is 48.0 Å². The first-order valence-corrected chi connectivity index (χ1v) is 22.6. The number of aliphatic hydroxyl groups excluding tert-OH is 1. The molecule has 1 aromatic carbocycles. The minimum atomic E-state index is -1.15. The topological polar surface area (TPSA) is 189 Å². The highest BCUT2D eigenvalue weighted by Crippen LogP contribution is 2.45. The van der Waals surface area contributed by atoms with Crippen LogP contribution in [0.4, 0.5) is 10.5 Å². The molecule has 0 spiro atoms. The van der Waals surface area contributed by atoms with Crippen molar-refractivity contribution in [3.8, 4) is 11.3 Å². The highest BCUT2D eigenvalue weighted by molar-refractivity contribution is 5.91. The summed E-state index contributed by atoms with van der Waals surface area (Å²) in [6.07, 6.45) is -3.57. The Morgan fingerprint density at radius 2 is 1.81 bits per heavy atom. The molecular formula is C47H68N6O10. The van der Waals surface area contributed by atoms with Crippen molar-refractivity contribution in [2.45, 2.75) is 141 Å². The molecule has 16 nitrogen and oxygen atoms in total. The second kappa shape index (κ2) is 19.1. The van der Waals surface area contributed by atoms with Crippen LogP contribution < -0.4 is 5.73 Å². The molecule has 14 atom stereocenters. The van der Waals surface area contributed by atoms with Crippen molar-refractivity contribution in [2.24, 2.45) is 33.8 Å². The molecule has 7 rings (SSSR count). The summed E-state index contributed by atoms with van der Waals surface area (Å²) in [6.45, 7) is 16.6. The number of cyclic esters (lactones) is 1. The summed E-state index contributed by atoms with van der Waals surface area (Å²) < 4.78 is 40.0. The summed E-state index contributed by atoms with van der Waals surface area (Å²) in [7, 11) is 3.87. The molecule has 0 radical (unpaired) electrons. The summed E-state index contributed by atoms with van der Waals surface area (Å²) in [5.41, 5.74) is 8.08. The number of nitrogens with zero attached hydrogens (tertiary/aromatic N) is 5. The number of fused-ring (bicyclic) bond motifs is 4. The van der Waals surface area contributed by atoms with Crippen LogP contribution in [-0.4, -0.2) is 144 Å². The molecule has 0 unspecified atom stereocenters. The van der Waals surface area contributed by atoms with E-state index in [0.29, 0.717) is 49.4 Å². The van der Waals surface area contributed by atoms with E-state index in [4.69, 9.17) is 49.0 Å². The number of hydrogen-bond donors (Lipinski definition) is 2.